The summed E-state index contributed by atoms with van der Waals surface area (Å²) in [6.07, 6.45) is 1.46. The van der Waals surface area contributed by atoms with Crippen LogP contribution in [0.4, 0.5) is 5.69 Å². The van der Waals surface area contributed by atoms with E-state index in [0.29, 0.717) is 22.9 Å². The third-order valence-corrected chi connectivity index (χ3v) is 4.28. The molecule has 0 atom stereocenters. The van der Waals surface area contributed by atoms with E-state index >= 15 is 0 Å². The summed E-state index contributed by atoms with van der Waals surface area (Å²) in [6, 6.07) is 3.28. The molecule has 0 aliphatic carbocycles. The van der Waals surface area contributed by atoms with Crippen LogP contribution in [0.25, 0.3) is 0 Å². The molecule has 0 bridgehead atoms. The molecule has 0 aliphatic heterocycles. The van der Waals surface area contributed by atoms with E-state index in [1.165, 1.54) is 7.11 Å². The Balaban J connectivity index is 3.00. The highest BCUT2D eigenvalue weighted by Crippen LogP contribution is 2.31. The molecule has 0 radical (unpaired) electrons. The summed E-state index contributed by atoms with van der Waals surface area (Å²) in [5, 5.41) is 0.545. The molecule has 0 aliphatic rings. The molecule has 1 rings (SSSR count). The summed E-state index contributed by atoms with van der Waals surface area (Å²) in [6.45, 7) is 3.76. The van der Waals surface area contributed by atoms with Crippen LogP contribution < -0.4 is 9.46 Å². The summed E-state index contributed by atoms with van der Waals surface area (Å²) < 4.78 is 31.3. The lowest BCUT2D eigenvalue weighted by Gasteiger charge is -2.13. The van der Waals surface area contributed by atoms with Crippen LogP contribution in [0.5, 0.6) is 5.75 Å². The van der Waals surface area contributed by atoms with Crippen LogP contribution >= 0.6 is 11.6 Å². The molecule has 4 nitrogen and oxygen atoms in total. The molecular weight excluding hydrogens is 274 g/mol. The normalized spacial score (nSPS) is 11.3. The molecule has 1 aromatic rings. The summed E-state index contributed by atoms with van der Waals surface area (Å²) in [7, 11) is -1.86. The number of hydrogen-bond acceptors (Lipinski definition) is 3. The average molecular weight is 292 g/mol. The second-order valence-electron chi connectivity index (χ2n) is 4.08. The smallest absolute Gasteiger partial charge is 0.232 e. The second-order valence-corrected chi connectivity index (χ2v) is 6.33. The molecule has 0 saturated carbocycles. The highest BCUT2D eigenvalue weighted by molar-refractivity contribution is 7.92. The molecule has 0 spiro atoms. The van der Waals surface area contributed by atoms with E-state index in [9.17, 15) is 8.42 Å². The van der Waals surface area contributed by atoms with E-state index < -0.39 is 10.0 Å². The van der Waals surface area contributed by atoms with Crippen LogP contribution in [-0.4, -0.2) is 21.3 Å². The van der Waals surface area contributed by atoms with Crippen LogP contribution in [0.2, 0.25) is 5.02 Å². The first-order valence-electron chi connectivity index (χ1n) is 5.74. The van der Waals surface area contributed by atoms with Crippen LogP contribution in [0, 0.1) is 6.92 Å². The van der Waals surface area contributed by atoms with Crippen molar-refractivity contribution in [3.8, 4) is 5.75 Å². The number of aryl methyl sites for hydroxylation is 1. The fourth-order valence-electron chi connectivity index (χ4n) is 1.46. The van der Waals surface area contributed by atoms with Crippen molar-refractivity contribution < 1.29 is 13.2 Å². The lowest BCUT2D eigenvalue weighted by atomic mass is 10.2. The number of benzene rings is 1. The van der Waals surface area contributed by atoms with Crippen molar-refractivity contribution in [2.45, 2.75) is 26.7 Å². The Morgan fingerprint density at radius 2 is 2.06 bits per heavy atom. The SMILES string of the molecule is CCCCS(=O)(=O)Nc1cc(C)c(Cl)cc1OC. The highest BCUT2D eigenvalue weighted by atomic mass is 35.5. The summed E-state index contributed by atoms with van der Waals surface area (Å²) in [4.78, 5) is 0. The van der Waals surface area contributed by atoms with Gasteiger partial charge in [-0.05, 0) is 25.0 Å². The van der Waals surface area contributed by atoms with Crippen LogP contribution in [0.3, 0.4) is 0 Å². The lowest BCUT2D eigenvalue weighted by Crippen LogP contribution is -2.17. The van der Waals surface area contributed by atoms with Gasteiger partial charge in [-0.25, -0.2) is 8.42 Å². The predicted molar refractivity (Wildman–Crippen MR) is 75.1 cm³/mol. The van der Waals surface area contributed by atoms with Crippen molar-refractivity contribution in [1.29, 1.82) is 0 Å². The Labute approximate surface area is 113 Å². The Bertz CT molecular complexity index is 514. The zero-order chi connectivity index (χ0) is 13.8. The standard InChI is InChI=1S/C12H18ClNO3S/c1-4-5-6-18(15,16)14-11-7-9(2)10(13)8-12(11)17-3/h7-8,14H,4-6H2,1-3H3. The number of ether oxygens (including phenoxy) is 1. The largest absolute Gasteiger partial charge is 0.495 e. The molecule has 1 aromatic carbocycles. The van der Waals surface area contributed by atoms with Crippen molar-refractivity contribution in [1.82, 2.24) is 0 Å². The summed E-state index contributed by atoms with van der Waals surface area (Å²) in [5.74, 6) is 0.527. The Hall–Kier alpha value is -0.940. The quantitative estimate of drug-likeness (QED) is 0.875. The van der Waals surface area contributed by atoms with E-state index in [1.807, 2.05) is 13.8 Å². The molecule has 0 aromatic heterocycles. The zero-order valence-electron chi connectivity index (χ0n) is 10.8. The van der Waals surface area contributed by atoms with Gasteiger partial charge in [-0.2, -0.15) is 0 Å². The van der Waals surface area contributed by atoms with E-state index in [-0.39, 0.29) is 5.75 Å². The molecule has 102 valence electrons. The number of methoxy groups -OCH3 is 1. The van der Waals surface area contributed by atoms with Gasteiger partial charge in [-0.1, -0.05) is 24.9 Å². The van der Waals surface area contributed by atoms with Crippen LogP contribution in [0.15, 0.2) is 12.1 Å². The summed E-state index contributed by atoms with van der Waals surface area (Å²) >= 11 is 5.96. The first-order valence-corrected chi connectivity index (χ1v) is 7.77. The van der Waals surface area contributed by atoms with Gasteiger partial charge in [-0.15, -0.1) is 0 Å². The number of unbranched alkanes of at least 4 members (excludes halogenated alkanes) is 1. The van der Waals surface area contributed by atoms with Gasteiger partial charge in [0.2, 0.25) is 10.0 Å². The predicted octanol–water partition coefficient (Wildman–Crippen LogP) is 3.20. The van der Waals surface area contributed by atoms with Crippen molar-refractivity contribution in [3.05, 3.63) is 22.7 Å². The molecule has 0 saturated heterocycles. The Morgan fingerprint density at radius 1 is 1.39 bits per heavy atom. The van der Waals surface area contributed by atoms with E-state index in [0.717, 1.165) is 12.0 Å². The molecule has 18 heavy (non-hydrogen) atoms. The number of nitrogens with one attached hydrogen (secondary N) is 1. The van der Waals surface area contributed by atoms with Crippen molar-refractivity contribution >= 4 is 27.3 Å². The maximum Gasteiger partial charge on any atom is 0.232 e. The summed E-state index contributed by atoms with van der Waals surface area (Å²) in [5.41, 5.74) is 1.22. The van der Waals surface area contributed by atoms with Gasteiger partial charge >= 0.3 is 0 Å². The van der Waals surface area contributed by atoms with Gasteiger partial charge < -0.3 is 4.74 Å². The van der Waals surface area contributed by atoms with Gasteiger partial charge in [0.25, 0.3) is 0 Å². The van der Waals surface area contributed by atoms with Crippen molar-refractivity contribution in [2.75, 3.05) is 17.6 Å². The van der Waals surface area contributed by atoms with Crippen LogP contribution in [-0.2, 0) is 10.0 Å². The van der Waals surface area contributed by atoms with E-state index in [1.54, 1.807) is 12.1 Å². The maximum absolute atomic E-state index is 11.8. The van der Waals surface area contributed by atoms with Crippen molar-refractivity contribution in [3.63, 3.8) is 0 Å². The number of hydrogen-bond donors (Lipinski definition) is 1. The minimum Gasteiger partial charge on any atom is -0.495 e. The molecular formula is C12H18ClNO3S. The number of rotatable bonds is 6. The number of halogens is 1. The molecule has 0 unspecified atom stereocenters. The minimum atomic E-state index is -3.33. The van der Waals surface area contributed by atoms with Crippen molar-refractivity contribution in [2.24, 2.45) is 0 Å². The fourth-order valence-corrected chi connectivity index (χ4v) is 2.88. The molecule has 0 heterocycles. The zero-order valence-corrected chi connectivity index (χ0v) is 12.4. The monoisotopic (exact) mass is 291 g/mol. The van der Waals surface area contributed by atoms with Gasteiger partial charge in [-0.3, -0.25) is 4.72 Å². The van der Waals surface area contributed by atoms with Crippen LogP contribution in [0.1, 0.15) is 25.3 Å². The minimum absolute atomic E-state index is 0.105. The maximum atomic E-state index is 11.8. The third kappa shape index (κ3) is 4.07. The lowest BCUT2D eigenvalue weighted by molar-refractivity contribution is 0.417. The molecule has 1 N–H and O–H groups in total. The van der Waals surface area contributed by atoms with Gasteiger partial charge in [0.15, 0.2) is 0 Å². The topological polar surface area (TPSA) is 55.4 Å². The van der Waals surface area contributed by atoms with E-state index in [2.05, 4.69) is 4.72 Å². The molecule has 0 fully saturated rings. The second kappa shape index (κ2) is 6.29. The van der Waals surface area contributed by atoms with Gasteiger partial charge in [0.1, 0.15) is 5.75 Å². The number of anilines is 1. The molecule has 0 amide bonds. The number of sulfonamides is 1. The average Bonchev–Trinajstić information content (AvgIpc) is 2.30. The first-order chi connectivity index (χ1) is 8.39. The third-order valence-electron chi connectivity index (χ3n) is 2.51. The Kier molecular flexibility index (Phi) is 5.28. The van der Waals surface area contributed by atoms with E-state index in [4.69, 9.17) is 16.3 Å². The first kappa shape index (κ1) is 15.1. The highest BCUT2D eigenvalue weighted by Gasteiger charge is 2.14. The molecule has 6 heteroatoms. The fraction of sp³-hybridized carbons (Fsp3) is 0.500. The Morgan fingerprint density at radius 3 is 2.61 bits per heavy atom. The van der Waals surface area contributed by atoms with Gasteiger partial charge in [0, 0.05) is 11.1 Å². The van der Waals surface area contributed by atoms with Gasteiger partial charge in [0.05, 0.1) is 18.6 Å².